The van der Waals surface area contributed by atoms with Crippen LogP contribution in [0.5, 0.6) is 0 Å². The standard InChI is InChI=1S/C18H21F2N3O3/c1-11(24)21-7-13-8-23(17(25)26-13)12-2-3-15(14(19)6-12)22-9-16(20)18(10-22)4-5-18/h2-3,6,13,16H,4-5,7-10H2,1H3,(H,21,24)/t13-,16?/m0/s1. The van der Waals surface area contributed by atoms with Crippen molar-refractivity contribution in [3.05, 3.63) is 24.0 Å². The van der Waals surface area contributed by atoms with E-state index in [1.54, 1.807) is 17.0 Å². The SMILES string of the molecule is CC(=O)NC[C@H]1CN(c2ccc(N3CC(F)C4(CC4)C3)c(F)c2)C(=O)O1. The monoisotopic (exact) mass is 365 g/mol. The second-order valence-electron chi connectivity index (χ2n) is 7.40. The molecule has 8 heteroatoms. The average molecular weight is 365 g/mol. The zero-order valence-corrected chi connectivity index (χ0v) is 14.5. The Balaban J connectivity index is 1.46. The molecule has 1 aromatic carbocycles. The third-order valence-corrected chi connectivity index (χ3v) is 5.48. The number of alkyl halides is 1. The molecular formula is C18H21F2N3O3. The smallest absolute Gasteiger partial charge is 0.414 e. The highest BCUT2D eigenvalue weighted by molar-refractivity contribution is 5.90. The van der Waals surface area contributed by atoms with E-state index < -0.39 is 24.2 Å². The molecule has 26 heavy (non-hydrogen) atoms. The highest BCUT2D eigenvalue weighted by atomic mass is 19.1. The molecule has 1 unspecified atom stereocenters. The van der Waals surface area contributed by atoms with Crippen LogP contribution in [0.2, 0.25) is 0 Å². The maximum absolute atomic E-state index is 14.6. The van der Waals surface area contributed by atoms with E-state index in [-0.39, 0.29) is 31.0 Å². The van der Waals surface area contributed by atoms with Gasteiger partial charge in [0.1, 0.15) is 18.1 Å². The maximum atomic E-state index is 14.6. The summed E-state index contributed by atoms with van der Waals surface area (Å²) in [5.74, 6) is -0.689. The molecule has 2 heterocycles. The first-order valence-corrected chi connectivity index (χ1v) is 8.79. The number of benzene rings is 1. The summed E-state index contributed by atoms with van der Waals surface area (Å²) < 4.78 is 33.9. The van der Waals surface area contributed by atoms with Crippen LogP contribution in [0, 0.1) is 11.2 Å². The molecule has 2 atom stereocenters. The molecule has 140 valence electrons. The molecule has 1 saturated carbocycles. The molecule has 1 spiro atoms. The zero-order valence-electron chi connectivity index (χ0n) is 14.5. The molecule has 2 saturated heterocycles. The maximum Gasteiger partial charge on any atom is 0.414 e. The Morgan fingerprint density at radius 1 is 1.38 bits per heavy atom. The lowest BCUT2D eigenvalue weighted by Gasteiger charge is -2.21. The number of halogens is 2. The Morgan fingerprint density at radius 2 is 2.15 bits per heavy atom. The molecule has 1 N–H and O–H groups in total. The van der Waals surface area contributed by atoms with Crippen LogP contribution >= 0.6 is 0 Å². The van der Waals surface area contributed by atoms with Crippen molar-refractivity contribution in [3.8, 4) is 0 Å². The van der Waals surface area contributed by atoms with Gasteiger partial charge in [-0.15, -0.1) is 0 Å². The normalized spacial score (nSPS) is 26.3. The van der Waals surface area contributed by atoms with Crippen LogP contribution < -0.4 is 15.1 Å². The lowest BCUT2D eigenvalue weighted by molar-refractivity contribution is -0.119. The van der Waals surface area contributed by atoms with Gasteiger partial charge in [-0.3, -0.25) is 9.69 Å². The minimum Gasteiger partial charge on any atom is -0.442 e. The summed E-state index contributed by atoms with van der Waals surface area (Å²) in [5, 5.41) is 2.60. The van der Waals surface area contributed by atoms with Gasteiger partial charge in [-0.25, -0.2) is 13.6 Å². The van der Waals surface area contributed by atoms with E-state index in [9.17, 15) is 18.4 Å². The molecule has 3 fully saturated rings. The summed E-state index contributed by atoms with van der Waals surface area (Å²) in [6, 6.07) is 4.52. The predicted octanol–water partition coefficient (Wildman–Crippen LogP) is 2.23. The van der Waals surface area contributed by atoms with Gasteiger partial charge < -0.3 is 15.0 Å². The van der Waals surface area contributed by atoms with Gasteiger partial charge in [0.25, 0.3) is 0 Å². The van der Waals surface area contributed by atoms with Crippen molar-refractivity contribution >= 4 is 23.4 Å². The quantitative estimate of drug-likeness (QED) is 0.889. The third kappa shape index (κ3) is 2.97. The lowest BCUT2D eigenvalue weighted by Crippen LogP contribution is -2.33. The van der Waals surface area contributed by atoms with Gasteiger partial charge in [0.15, 0.2) is 0 Å². The number of amides is 2. The average Bonchev–Trinajstić information content (AvgIpc) is 3.16. The molecule has 0 bridgehead atoms. The molecule has 1 aliphatic carbocycles. The molecule has 0 aromatic heterocycles. The summed E-state index contributed by atoms with van der Waals surface area (Å²) in [5.41, 5.74) is 0.474. The van der Waals surface area contributed by atoms with Crippen molar-refractivity contribution < 1.29 is 23.1 Å². The van der Waals surface area contributed by atoms with Crippen LogP contribution in [0.3, 0.4) is 0 Å². The van der Waals surface area contributed by atoms with E-state index in [1.807, 2.05) is 0 Å². The predicted molar refractivity (Wildman–Crippen MR) is 91.5 cm³/mol. The van der Waals surface area contributed by atoms with Crippen LogP contribution in [0.4, 0.5) is 25.0 Å². The summed E-state index contributed by atoms with van der Waals surface area (Å²) in [4.78, 5) is 26.1. The van der Waals surface area contributed by atoms with Crippen molar-refractivity contribution in [3.63, 3.8) is 0 Å². The van der Waals surface area contributed by atoms with Crippen LogP contribution in [0.15, 0.2) is 18.2 Å². The number of anilines is 2. The number of carbonyl (C=O) groups excluding carboxylic acids is 2. The number of nitrogens with zero attached hydrogens (tertiary/aromatic N) is 2. The molecule has 2 amide bonds. The van der Waals surface area contributed by atoms with Crippen molar-refractivity contribution in [2.45, 2.75) is 32.0 Å². The number of hydrogen-bond donors (Lipinski definition) is 1. The summed E-state index contributed by atoms with van der Waals surface area (Å²) in [7, 11) is 0. The Bertz CT molecular complexity index is 753. The summed E-state index contributed by atoms with van der Waals surface area (Å²) in [6.45, 7) is 2.58. The van der Waals surface area contributed by atoms with E-state index >= 15 is 0 Å². The molecule has 0 radical (unpaired) electrons. The topological polar surface area (TPSA) is 61.9 Å². The Morgan fingerprint density at radius 3 is 2.77 bits per heavy atom. The number of nitrogens with one attached hydrogen (secondary N) is 1. The largest absolute Gasteiger partial charge is 0.442 e. The van der Waals surface area contributed by atoms with Gasteiger partial charge in [-0.2, -0.15) is 0 Å². The van der Waals surface area contributed by atoms with Crippen LogP contribution in [-0.2, 0) is 9.53 Å². The fraction of sp³-hybridized carbons (Fsp3) is 0.556. The van der Waals surface area contributed by atoms with E-state index in [0.717, 1.165) is 12.8 Å². The first-order chi connectivity index (χ1) is 12.4. The molecule has 6 nitrogen and oxygen atoms in total. The van der Waals surface area contributed by atoms with Gasteiger partial charge in [-0.05, 0) is 31.0 Å². The second-order valence-corrected chi connectivity index (χ2v) is 7.40. The minimum atomic E-state index is -0.912. The number of ether oxygens (including phenoxy) is 1. The van der Waals surface area contributed by atoms with Crippen LogP contribution in [0.1, 0.15) is 19.8 Å². The van der Waals surface area contributed by atoms with E-state index in [4.69, 9.17) is 4.74 Å². The first-order valence-electron chi connectivity index (χ1n) is 8.79. The van der Waals surface area contributed by atoms with Crippen molar-refractivity contribution in [2.24, 2.45) is 5.41 Å². The van der Waals surface area contributed by atoms with Crippen molar-refractivity contribution in [1.82, 2.24) is 5.32 Å². The molecule has 1 aromatic rings. The Labute approximate surface area is 150 Å². The van der Waals surface area contributed by atoms with Gasteiger partial charge >= 0.3 is 6.09 Å². The zero-order chi connectivity index (χ0) is 18.5. The van der Waals surface area contributed by atoms with Crippen LogP contribution in [-0.4, -0.2) is 50.5 Å². The third-order valence-electron chi connectivity index (χ3n) is 5.48. The molecule has 4 rings (SSSR count). The van der Waals surface area contributed by atoms with Crippen molar-refractivity contribution in [2.75, 3.05) is 36.0 Å². The van der Waals surface area contributed by atoms with Gasteiger partial charge in [0, 0.05) is 25.4 Å². The van der Waals surface area contributed by atoms with Crippen LogP contribution in [0.25, 0.3) is 0 Å². The van der Waals surface area contributed by atoms with Crippen molar-refractivity contribution in [1.29, 1.82) is 0 Å². The molecule has 2 aliphatic heterocycles. The Kier molecular flexibility index (Phi) is 4.00. The number of rotatable bonds is 4. The minimum absolute atomic E-state index is 0.208. The van der Waals surface area contributed by atoms with Gasteiger partial charge in [0.05, 0.1) is 24.5 Å². The fourth-order valence-electron chi connectivity index (χ4n) is 3.76. The fourth-order valence-corrected chi connectivity index (χ4v) is 3.76. The summed E-state index contributed by atoms with van der Waals surface area (Å²) >= 11 is 0. The highest BCUT2D eigenvalue weighted by Gasteiger charge is 2.56. The summed E-state index contributed by atoms with van der Waals surface area (Å²) in [6.07, 6.45) is -0.242. The number of hydrogen-bond acceptors (Lipinski definition) is 4. The van der Waals surface area contributed by atoms with Gasteiger partial charge in [0.2, 0.25) is 5.91 Å². The number of carbonyl (C=O) groups is 2. The highest BCUT2D eigenvalue weighted by Crippen LogP contribution is 2.55. The van der Waals surface area contributed by atoms with Gasteiger partial charge in [-0.1, -0.05) is 0 Å². The van der Waals surface area contributed by atoms with E-state index in [2.05, 4.69) is 5.32 Å². The van der Waals surface area contributed by atoms with E-state index in [1.165, 1.54) is 17.9 Å². The molecule has 3 aliphatic rings. The van der Waals surface area contributed by atoms with E-state index in [0.29, 0.717) is 17.9 Å². The second kappa shape index (κ2) is 6.10. The lowest BCUT2D eigenvalue weighted by atomic mass is 10.1. The number of cyclic esters (lactones) is 1. The Hall–Kier alpha value is -2.38. The molecular weight excluding hydrogens is 344 g/mol. The first kappa shape index (κ1) is 17.1.